The molecule has 0 unspecified atom stereocenters. The number of fused-ring (bicyclic) bond motifs is 3. The summed E-state index contributed by atoms with van der Waals surface area (Å²) in [6.07, 6.45) is 3.67. The average molecular weight is 300 g/mol. The van der Waals surface area contributed by atoms with Gasteiger partial charge in [0.15, 0.2) is 5.78 Å². The quantitative estimate of drug-likeness (QED) is 0.798. The maximum atomic E-state index is 12.0. The molecule has 1 aromatic rings. The second-order valence-corrected chi connectivity index (χ2v) is 6.92. The van der Waals surface area contributed by atoms with Gasteiger partial charge in [-0.3, -0.25) is 4.79 Å². The highest BCUT2D eigenvalue weighted by molar-refractivity contribution is 6.03. The number of allylic oxidation sites excluding steroid dienone is 1. The number of Topliss-reactive ketones (excluding diaryl/α,β-unsaturated/α-hetero) is 1. The second kappa shape index (κ2) is 4.15. The highest BCUT2D eigenvalue weighted by atomic mass is 16.5. The van der Waals surface area contributed by atoms with Crippen LogP contribution in [0.1, 0.15) is 56.1 Å². The molecule has 0 saturated heterocycles. The summed E-state index contributed by atoms with van der Waals surface area (Å²) in [4.78, 5) is 12.0. The molecule has 0 saturated carbocycles. The average Bonchev–Trinajstić information content (AvgIpc) is 2.58. The number of phenolic OH excluding ortho intramolecular Hbond substituents is 1. The SMILES string of the molecule is C=C1Oc2c(C(C)=O)c(O)c3c(c2C1(C)C)OC(C)(C)C=C3. The molecule has 4 nitrogen and oxygen atoms in total. The smallest absolute Gasteiger partial charge is 0.167 e. The van der Waals surface area contributed by atoms with Crippen LogP contribution in [0.15, 0.2) is 18.4 Å². The van der Waals surface area contributed by atoms with Crippen LogP contribution in [-0.2, 0) is 5.41 Å². The largest absolute Gasteiger partial charge is 0.506 e. The number of benzene rings is 1. The summed E-state index contributed by atoms with van der Waals surface area (Å²) >= 11 is 0. The van der Waals surface area contributed by atoms with E-state index in [1.54, 1.807) is 6.08 Å². The topological polar surface area (TPSA) is 55.8 Å². The number of rotatable bonds is 1. The number of phenols is 1. The van der Waals surface area contributed by atoms with Gasteiger partial charge in [0, 0.05) is 0 Å². The lowest BCUT2D eigenvalue weighted by Crippen LogP contribution is -2.29. The number of hydrogen-bond donors (Lipinski definition) is 1. The first-order chi connectivity index (χ1) is 10.1. The van der Waals surface area contributed by atoms with Gasteiger partial charge in [0.25, 0.3) is 0 Å². The zero-order valence-corrected chi connectivity index (χ0v) is 13.5. The summed E-state index contributed by atoms with van der Waals surface area (Å²) in [5.74, 6) is 1.12. The standard InChI is InChI=1S/C18H20O4/c1-9(19)12-14(20)11-7-8-17(3,4)22-15(11)13-16(12)21-10(2)18(13,5)6/h7-8,20H,2H2,1,3-6H3. The van der Waals surface area contributed by atoms with Crippen molar-refractivity contribution in [2.45, 2.75) is 45.6 Å². The molecule has 0 spiro atoms. The van der Waals surface area contributed by atoms with Gasteiger partial charge in [-0.15, -0.1) is 0 Å². The van der Waals surface area contributed by atoms with Crippen molar-refractivity contribution < 1.29 is 19.4 Å². The Morgan fingerprint density at radius 3 is 2.45 bits per heavy atom. The highest BCUT2D eigenvalue weighted by Gasteiger charge is 2.45. The Balaban J connectivity index is 2.44. The molecule has 2 aliphatic rings. The van der Waals surface area contributed by atoms with Gasteiger partial charge in [0.05, 0.1) is 16.5 Å². The number of ether oxygens (including phenoxy) is 2. The van der Waals surface area contributed by atoms with Crippen molar-refractivity contribution >= 4 is 11.9 Å². The maximum absolute atomic E-state index is 12.0. The van der Waals surface area contributed by atoms with Gasteiger partial charge in [0.1, 0.15) is 34.2 Å². The number of carbonyl (C=O) groups excluding carboxylic acids is 1. The van der Waals surface area contributed by atoms with Crippen LogP contribution in [0.25, 0.3) is 6.08 Å². The van der Waals surface area contributed by atoms with Crippen LogP contribution in [-0.4, -0.2) is 16.5 Å². The highest BCUT2D eigenvalue weighted by Crippen LogP contribution is 2.57. The fourth-order valence-corrected chi connectivity index (χ4v) is 2.94. The minimum Gasteiger partial charge on any atom is -0.506 e. The molecule has 1 N–H and O–H groups in total. The zero-order chi connectivity index (χ0) is 16.4. The molecule has 0 radical (unpaired) electrons. The maximum Gasteiger partial charge on any atom is 0.167 e. The van der Waals surface area contributed by atoms with E-state index in [0.717, 1.165) is 5.56 Å². The lowest BCUT2D eigenvalue weighted by atomic mass is 9.80. The van der Waals surface area contributed by atoms with Gasteiger partial charge >= 0.3 is 0 Å². The van der Waals surface area contributed by atoms with E-state index in [4.69, 9.17) is 9.47 Å². The van der Waals surface area contributed by atoms with E-state index in [9.17, 15) is 9.90 Å². The molecule has 2 aliphatic heterocycles. The van der Waals surface area contributed by atoms with Gasteiger partial charge < -0.3 is 14.6 Å². The Hall–Kier alpha value is -2.23. The first-order valence-corrected chi connectivity index (χ1v) is 7.26. The van der Waals surface area contributed by atoms with Crippen LogP contribution < -0.4 is 9.47 Å². The van der Waals surface area contributed by atoms with Crippen molar-refractivity contribution in [3.63, 3.8) is 0 Å². The van der Waals surface area contributed by atoms with Crippen LogP contribution in [0, 0.1) is 0 Å². The molecule has 0 bridgehead atoms. The Morgan fingerprint density at radius 1 is 1.23 bits per heavy atom. The normalized spacial score (nSPS) is 20.0. The van der Waals surface area contributed by atoms with Crippen molar-refractivity contribution in [2.75, 3.05) is 0 Å². The van der Waals surface area contributed by atoms with Crippen molar-refractivity contribution in [2.24, 2.45) is 0 Å². The first kappa shape index (κ1) is 14.7. The van der Waals surface area contributed by atoms with Gasteiger partial charge in [-0.2, -0.15) is 0 Å². The Bertz CT molecular complexity index is 751. The summed E-state index contributed by atoms with van der Waals surface area (Å²) in [5.41, 5.74) is 0.486. The number of aromatic hydroxyl groups is 1. The third kappa shape index (κ3) is 1.79. The van der Waals surface area contributed by atoms with E-state index in [0.29, 0.717) is 22.8 Å². The van der Waals surface area contributed by atoms with Crippen LogP contribution >= 0.6 is 0 Å². The predicted octanol–water partition coefficient (Wildman–Crippen LogP) is 3.96. The summed E-state index contributed by atoms with van der Waals surface area (Å²) < 4.78 is 11.8. The molecule has 0 fully saturated rings. The number of carbonyl (C=O) groups is 1. The zero-order valence-electron chi connectivity index (χ0n) is 13.5. The molecule has 0 atom stereocenters. The van der Waals surface area contributed by atoms with Crippen LogP contribution in [0.4, 0.5) is 0 Å². The van der Waals surface area contributed by atoms with Crippen molar-refractivity contribution in [1.29, 1.82) is 0 Å². The lowest BCUT2D eigenvalue weighted by molar-refractivity contribution is 0.101. The Morgan fingerprint density at radius 2 is 1.86 bits per heavy atom. The summed E-state index contributed by atoms with van der Waals surface area (Å²) in [5, 5.41) is 10.5. The van der Waals surface area contributed by atoms with E-state index < -0.39 is 11.0 Å². The van der Waals surface area contributed by atoms with Crippen molar-refractivity contribution in [1.82, 2.24) is 0 Å². The molecule has 116 valence electrons. The third-order valence-corrected chi connectivity index (χ3v) is 4.33. The molecule has 4 heteroatoms. The van der Waals surface area contributed by atoms with Crippen molar-refractivity contribution in [3.8, 4) is 17.2 Å². The van der Waals surface area contributed by atoms with E-state index in [2.05, 4.69) is 6.58 Å². The summed E-state index contributed by atoms with van der Waals surface area (Å²) in [6, 6.07) is 0. The summed E-state index contributed by atoms with van der Waals surface area (Å²) in [7, 11) is 0. The molecule has 22 heavy (non-hydrogen) atoms. The van der Waals surface area contributed by atoms with E-state index in [-0.39, 0.29) is 17.1 Å². The molecule has 0 aliphatic carbocycles. The lowest BCUT2D eigenvalue weighted by Gasteiger charge is -2.32. The Kier molecular flexibility index (Phi) is 2.78. The number of hydrogen-bond acceptors (Lipinski definition) is 4. The molecule has 0 amide bonds. The van der Waals surface area contributed by atoms with E-state index >= 15 is 0 Å². The minimum atomic E-state index is -0.501. The Labute approximate surface area is 130 Å². The first-order valence-electron chi connectivity index (χ1n) is 7.26. The summed E-state index contributed by atoms with van der Waals surface area (Å²) in [6.45, 7) is 13.2. The van der Waals surface area contributed by atoms with Gasteiger partial charge in [0.2, 0.25) is 0 Å². The van der Waals surface area contributed by atoms with Crippen molar-refractivity contribution in [3.05, 3.63) is 35.1 Å². The fraction of sp³-hybridized carbons (Fsp3) is 0.389. The minimum absolute atomic E-state index is 0.0986. The monoisotopic (exact) mass is 300 g/mol. The number of ketones is 1. The molecule has 3 rings (SSSR count). The molecular weight excluding hydrogens is 280 g/mol. The molecular formula is C18H20O4. The van der Waals surface area contributed by atoms with Gasteiger partial charge in [-0.1, -0.05) is 6.58 Å². The van der Waals surface area contributed by atoms with Gasteiger partial charge in [-0.25, -0.2) is 0 Å². The predicted molar refractivity (Wildman–Crippen MR) is 84.6 cm³/mol. The molecule has 1 aromatic carbocycles. The molecule has 2 heterocycles. The van der Waals surface area contributed by atoms with E-state index in [1.165, 1.54) is 6.92 Å². The second-order valence-electron chi connectivity index (χ2n) is 6.92. The van der Waals surface area contributed by atoms with Crippen LogP contribution in [0.3, 0.4) is 0 Å². The molecule has 0 aromatic heterocycles. The van der Waals surface area contributed by atoms with E-state index in [1.807, 2.05) is 33.8 Å². The van der Waals surface area contributed by atoms with Gasteiger partial charge in [-0.05, 0) is 46.8 Å². The van der Waals surface area contributed by atoms with Crippen LogP contribution in [0.5, 0.6) is 17.2 Å². The third-order valence-electron chi connectivity index (χ3n) is 4.33. The fourth-order valence-electron chi connectivity index (χ4n) is 2.94. The van der Waals surface area contributed by atoms with Crippen LogP contribution in [0.2, 0.25) is 0 Å².